The van der Waals surface area contributed by atoms with Crippen molar-refractivity contribution in [2.45, 2.75) is 39.7 Å². The quantitative estimate of drug-likeness (QED) is 0.854. The zero-order valence-corrected chi connectivity index (χ0v) is 11.6. The molecule has 6 heteroatoms. The number of hydrogen-bond donors (Lipinski definition) is 1. The van der Waals surface area contributed by atoms with Gasteiger partial charge in [-0.05, 0) is 32.9 Å². The highest BCUT2D eigenvalue weighted by Gasteiger charge is 2.11. The van der Waals surface area contributed by atoms with Gasteiger partial charge in [-0.25, -0.2) is 9.97 Å². The summed E-state index contributed by atoms with van der Waals surface area (Å²) in [5, 5.41) is 7.31. The van der Waals surface area contributed by atoms with Crippen molar-refractivity contribution in [1.29, 1.82) is 0 Å². The van der Waals surface area contributed by atoms with Gasteiger partial charge in [0.1, 0.15) is 11.5 Å². The summed E-state index contributed by atoms with van der Waals surface area (Å²) in [6, 6.07) is 2.23. The molecule has 1 atom stereocenters. The summed E-state index contributed by atoms with van der Waals surface area (Å²) >= 11 is 0. The Bertz CT molecular complexity index is 525. The summed E-state index contributed by atoms with van der Waals surface area (Å²) < 4.78 is 5.24. The van der Waals surface area contributed by atoms with Crippen LogP contribution in [0.4, 0.5) is 0 Å². The van der Waals surface area contributed by atoms with Crippen LogP contribution in [-0.4, -0.2) is 32.7 Å². The first-order valence-electron chi connectivity index (χ1n) is 6.55. The third-order valence-corrected chi connectivity index (χ3v) is 2.82. The second-order valence-corrected chi connectivity index (χ2v) is 4.50. The normalized spacial score (nSPS) is 12.6. The molecule has 0 saturated carbocycles. The first-order valence-corrected chi connectivity index (χ1v) is 6.55. The van der Waals surface area contributed by atoms with Gasteiger partial charge < -0.3 is 9.84 Å². The molecular formula is C13H19N5O. The standard InChI is InChI=1S/C13H19N5O/c1-4-14-9(2)5-6-12-17-13(18-19-12)11-7-8-15-10(3)16-11/h7-9,14H,4-6H2,1-3H3. The molecule has 0 fully saturated rings. The first kappa shape index (κ1) is 13.6. The van der Waals surface area contributed by atoms with Crippen molar-refractivity contribution in [1.82, 2.24) is 25.4 Å². The van der Waals surface area contributed by atoms with Crippen LogP contribution in [0.25, 0.3) is 11.5 Å². The molecule has 0 amide bonds. The number of nitrogens with zero attached hydrogens (tertiary/aromatic N) is 4. The molecule has 0 aromatic carbocycles. The molecule has 1 N–H and O–H groups in total. The van der Waals surface area contributed by atoms with E-state index in [1.54, 1.807) is 12.3 Å². The largest absolute Gasteiger partial charge is 0.339 e. The lowest BCUT2D eigenvalue weighted by Crippen LogP contribution is -2.25. The van der Waals surface area contributed by atoms with Crippen LogP contribution >= 0.6 is 0 Å². The van der Waals surface area contributed by atoms with Crippen LogP contribution in [0.3, 0.4) is 0 Å². The molecule has 0 aliphatic carbocycles. The van der Waals surface area contributed by atoms with Crippen molar-refractivity contribution in [3.05, 3.63) is 24.0 Å². The van der Waals surface area contributed by atoms with E-state index in [2.05, 4.69) is 39.3 Å². The Balaban J connectivity index is 1.99. The maximum Gasteiger partial charge on any atom is 0.227 e. The van der Waals surface area contributed by atoms with Crippen LogP contribution in [0.2, 0.25) is 0 Å². The molecule has 0 spiro atoms. The third-order valence-electron chi connectivity index (χ3n) is 2.82. The third kappa shape index (κ3) is 3.82. The summed E-state index contributed by atoms with van der Waals surface area (Å²) in [6.45, 7) is 7.05. The number of hydrogen-bond acceptors (Lipinski definition) is 6. The number of aryl methyl sites for hydroxylation is 2. The Morgan fingerprint density at radius 2 is 2.21 bits per heavy atom. The van der Waals surface area contributed by atoms with E-state index in [1.165, 1.54) is 0 Å². The Kier molecular flexibility index (Phi) is 4.57. The van der Waals surface area contributed by atoms with Gasteiger partial charge in [0, 0.05) is 18.7 Å². The lowest BCUT2D eigenvalue weighted by atomic mass is 10.2. The van der Waals surface area contributed by atoms with E-state index >= 15 is 0 Å². The maximum atomic E-state index is 5.24. The van der Waals surface area contributed by atoms with Crippen LogP contribution in [0, 0.1) is 6.92 Å². The first-order chi connectivity index (χ1) is 9.19. The minimum Gasteiger partial charge on any atom is -0.339 e. The number of rotatable bonds is 6. The van der Waals surface area contributed by atoms with Crippen LogP contribution in [-0.2, 0) is 6.42 Å². The Labute approximate surface area is 112 Å². The Morgan fingerprint density at radius 3 is 2.95 bits per heavy atom. The molecule has 0 radical (unpaired) electrons. The molecular weight excluding hydrogens is 242 g/mol. The van der Waals surface area contributed by atoms with Crippen LogP contribution in [0.1, 0.15) is 32.0 Å². The molecule has 2 rings (SSSR count). The van der Waals surface area contributed by atoms with Crippen molar-refractivity contribution >= 4 is 0 Å². The SMILES string of the molecule is CCNC(C)CCc1nc(-c2ccnc(C)n2)no1. The zero-order valence-electron chi connectivity index (χ0n) is 11.6. The summed E-state index contributed by atoms with van der Waals surface area (Å²) in [5.41, 5.74) is 0.697. The molecule has 0 saturated heterocycles. The average molecular weight is 261 g/mol. The highest BCUT2D eigenvalue weighted by atomic mass is 16.5. The van der Waals surface area contributed by atoms with Crippen LogP contribution in [0.5, 0.6) is 0 Å². The maximum absolute atomic E-state index is 5.24. The van der Waals surface area contributed by atoms with Crippen molar-refractivity contribution in [3.8, 4) is 11.5 Å². The van der Waals surface area contributed by atoms with E-state index in [0.717, 1.165) is 19.4 Å². The number of aromatic nitrogens is 4. The van der Waals surface area contributed by atoms with E-state index in [9.17, 15) is 0 Å². The van der Waals surface area contributed by atoms with Gasteiger partial charge in [-0.15, -0.1) is 0 Å². The number of nitrogens with one attached hydrogen (secondary N) is 1. The van der Waals surface area contributed by atoms with Gasteiger partial charge in [0.05, 0.1) is 0 Å². The zero-order chi connectivity index (χ0) is 13.7. The van der Waals surface area contributed by atoms with E-state index in [0.29, 0.717) is 29.3 Å². The average Bonchev–Trinajstić information content (AvgIpc) is 2.85. The van der Waals surface area contributed by atoms with Crippen LogP contribution in [0.15, 0.2) is 16.8 Å². The predicted molar refractivity (Wildman–Crippen MR) is 71.5 cm³/mol. The van der Waals surface area contributed by atoms with Crippen molar-refractivity contribution in [3.63, 3.8) is 0 Å². The summed E-state index contributed by atoms with van der Waals surface area (Å²) in [6.07, 6.45) is 3.43. The van der Waals surface area contributed by atoms with Crippen molar-refractivity contribution < 1.29 is 4.52 Å². The smallest absolute Gasteiger partial charge is 0.227 e. The van der Waals surface area contributed by atoms with Gasteiger partial charge in [0.25, 0.3) is 0 Å². The molecule has 0 aliphatic rings. The second kappa shape index (κ2) is 6.38. The van der Waals surface area contributed by atoms with Crippen LogP contribution < -0.4 is 5.32 Å². The second-order valence-electron chi connectivity index (χ2n) is 4.50. The molecule has 0 aliphatic heterocycles. The van der Waals surface area contributed by atoms with E-state index in [1.807, 2.05) is 6.92 Å². The fourth-order valence-electron chi connectivity index (χ4n) is 1.83. The van der Waals surface area contributed by atoms with Gasteiger partial charge in [0.2, 0.25) is 11.7 Å². The summed E-state index contributed by atoms with van der Waals surface area (Å²) in [5.74, 6) is 1.87. The van der Waals surface area contributed by atoms with E-state index in [-0.39, 0.29) is 0 Å². The molecule has 102 valence electrons. The lowest BCUT2D eigenvalue weighted by molar-refractivity contribution is 0.368. The summed E-state index contributed by atoms with van der Waals surface area (Å²) in [7, 11) is 0. The van der Waals surface area contributed by atoms with E-state index < -0.39 is 0 Å². The minimum atomic E-state index is 0.446. The highest BCUT2D eigenvalue weighted by Crippen LogP contribution is 2.13. The van der Waals surface area contributed by atoms with Gasteiger partial charge in [0.15, 0.2) is 0 Å². The fourth-order valence-corrected chi connectivity index (χ4v) is 1.83. The monoisotopic (exact) mass is 261 g/mol. The topological polar surface area (TPSA) is 76.7 Å². The lowest BCUT2D eigenvalue weighted by Gasteiger charge is -2.09. The van der Waals surface area contributed by atoms with Gasteiger partial charge >= 0.3 is 0 Å². The molecule has 1 unspecified atom stereocenters. The highest BCUT2D eigenvalue weighted by molar-refractivity contribution is 5.46. The minimum absolute atomic E-state index is 0.446. The van der Waals surface area contributed by atoms with Crippen molar-refractivity contribution in [2.75, 3.05) is 6.54 Å². The Hall–Kier alpha value is -1.82. The molecule has 6 nitrogen and oxygen atoms in total. The van der Waals surface area contributed by atoms with E-state index in [4.69, 9.17) is 4.52 Å². The van der Waals surface area contributed by atoms with Gasteiger partial charge in [-0.2, -0.15) is 4.98 Å². The van der Waals surface area contributed by atoms with Gasteiger partial charge in [-0.1, -0.05) is 12.1 Å². The molecule has 2 aromatic heterocycles. The van der Waals surface area contributed by atoms with Crippen molar-refractivity contribution in [2.24, 2.45) is 0 Å². The summed E-state index contributed by atoms with van der Waals surface area (Å²) in [4.78, 5) is 12.7. The molecule has 2 aromatic rings. The molecule has 0 bridgehead atoms. The molecule has 2 heterocycles. The van der Waals surface area contributed by atoms with Gasteiger partial charge in [-0.3, -0.25) is 0 Å². The predicted octanol–water partition coefficient (Wildman–Crippen LogP) is 1.77. The Morgan fingerprint density at radius 1 is 1.37 bits per heavy atom. The fraction of sp³-hybridized carbons (Fsp3) is 0.538. The molecule has 19 heavy (non-hydrogen) atoms.